The fourth-order valence-electron chi connectivity index (χ4n) is 4.93. The van der Waals surface area contributed by atoms with Gasteiger partial charge >= 0.3 is 0 Å². The van der Waals surface area contributed by atoms with Crippen LogP contribution in [0.5, 0.6) is 0 Å². The van der Waals surface area contributed by atoms with E-state index in [9.17, 15) is 0 Å². The van der Waals surface area contributed by atoms with Crippen LogP contribution in [-0.4, -0.2) is 26.5 Å². The molecule has 0 heterocycles. The molecule has 0 aliphatic carbocycles. The third-order valence-electron chi connectivity index (χ3n) is 6.19. The van der Waals surface area contributed by atoms with Crippen LogP contribution >= 0.6 is 15.8 Å². The Morgan fingerprint density at radius 3 is 1.18 bits per heavy atom. The van der Waals surface area contributed by atoms with Crippen molar-refractivity contribution >= 4 is 15.8 Å². The maximum atomic E-state index is 2.47. The van der Waals surface area contributed by atoms with E-state index in [1.165, 1.54) is 17.0 Å². The second kappa shape index (κ2) is 13.8. The zero-order chi connectivity index (χ0) is 25.5. The minimum absolute atomic E-state index is 0. The molecule has 0 amide bonds. The summed E-state index contributed by atoms with van der Waals surface area (Å²) in [7, 11) is -0.788. The third kappa shape index (κ3) is 12.6. The van der Waals surface area contributed by atoms with Crippen molar-refractivity contribution in [2.75, 3.05) is 5.90 Å². The van der Waals surface area contributed by atoms with Crippen LogP contribution in [0.3, 0.4) is 0 Å². The summed E-state index contributed by atoms with van der Waals surface area (Å²) in [6.45, 7) is 29.6. The molecule has 2 rings (SSSR count). The Labute approximate surface area is 225 Å². The van der Waals surface area contributed by atoms with Crippen LogP contribution in [-0.2, 0) is 22.9 Å². The molecule has 0 atom stereocenters. The maximum Gasteiger partial charge on any atom is 0.157 e. The van der Waals surface area contributed by atoms with Crippen molar-refractivity contribution in [1.82, 2.24) is 0 Å². The van der Waals surface area contributed by atoms with E-state index >= 15 is 0 Å². The van der Waals surface area contributed by atoms with Crippen LogP contribution in [0, 0.1) is 6.42 Å². The van der Waals surface area contributed by atoms with Gasteiger partial charge in [-0.3, -0.25) is 0 Å². The van der Waals surface area contributed by atoms with E-state index in [0.29, 0.717) is 20.6 Å². The summed E-state index contributed by atoms with van der Waals surface area (Å²) in [5.41, 5.74) is 2.65. The van der Waals surface area contributed by atoms with Gasteiger partial charge in [0.1, 0.15) is 0 Å². The summed E-state index contributed by atoms with van der Waals surface area (Å²) in [5.74, 6) is 1.52. The van der Waals surface area contributed by atoms with Gasteiger partial charge in [0.25, 0.3) is 0 Å². The summed E-state index contributed by atoms with van der Waals surface area (Å²) in [5, 5.41) is 1.98. The predicted molar refractivity (Wildman–Crippen MR) is 160 cm³/mol. The predicted octanol–water partition coefficient (Wildman–Crippen LogP) is 10.0. The molecule has 0 unspecified atom stereocenters. The van der Waals surface area contributed by atoms with E-state index in [1.807, 2.05) is 12.1 Å². The number of benzene rings is 2. The molecule has 2 aromatic carbocycles. The SMILES string of the molecule is CC(C)(C)[PH+](C[PH+](C(C)(C)C)C(C)(C)C)C(C)(C)C.[Ni].c1ccc([CH-]Cc2ccccc2)cc1. The molecule has 34 heavy (non-hydrogen) atoms. The average molecular weight is 546 g/mol. The van der Waals surface area contributed by atoms with Gasteiger partial charge in [0.15, 0.2) is 5.90 Å². The van der Waals surface area contributed by atoms with Gasteiger partial charge in [-0.25, -0.2) is 0 Å². The van der Waals surface area contributed by atoms with Gasteiger partial charge in [-0.15, -0.1) is 12.1 Å². The Balaban J connectivity index is 0.000000643. The van der Waals surface area contributed by atoms with Crippen LogP contribution < -0.4 is 0 Å². The Hall–Kier alpha value is -0.336. The molecule has 0 saturated carbocycles. The fraction of sp³-hybridized carbons (Fsp3) is 0.581. The van der Waals surface area contributed by atoms with Gasteiger partial charge in [0.2, 0.25) is 0 Å². The molecule has 2 aromatic rings. The average Bonchev–Trinajstić information content (AvgIpc) is 2.64. The van der Waals surface area contributed by atoms with Crippen LogP contribution in [0.2, 0.25) is 0 Å². The molecule has 0 saturated heterocycles. The van der Waals surface area contributed by atoms with Crippen molar-refractivity contribution in [3.8, 4) is 0 Å². The first kappa shape index (κ1) is 33.7. The third-order valence-corrected chi connectivity index (χ3v) is 16.3. The number of hydrogen-bond donors (Lipinski definition) is 0. The molecule has 3 heteroatoms. The molecular formula is C31H53NiP2+. The topological polar surface area (TPSA) is 0 Å². The van der Waals surface area contributed by atoms with E-state index in [4.69, 9.17) is 0 Å². The number of rotatable bonds is 5. The van der Waals surface area contributed by atoms with Crippen LogP contribution in [0.25, 0.3) is 0 Å². The zero-order valence-corrected chi connectivity index (χ0v) is 27.1. The standard InChI is InChI=1S/C17H38P2.C14H13.Ni/c1-14(2,3)18(15(4,5)6)13-19(16(7,8)9)17(10,11)12;1-3-7-13(8-4-1)11-12-14-9-5-2-6-10-14;/h13H2,1-12H3;1-11H,12H2;/q;-1;/p+2. The first-order valence-electron chi connectivity index (χ1n) is 12.6. The first-order valence-corrected chi connectivity index (χ1v) is 16.0. The second-order valence-corrected chi connectivity index (χ2v) is 22.8. The smallest absolute Gasteiger partial charge is 0.157 e. The van der Waals surface area contributed by atoms with Gasteiger partial charge in [0.05, 0.1) is 20.6 Å². The monoisotopic (exact) mass is 545 g/mol. The Bertz CT molecular complexity index is 690. The summed E-state index contributed by atoms with van der Waals surface area (Å²) < 4.78 is 0. The fourth-order valence-corrected chi connectivity index (χ4v) is 19.3. The van der Waals surface area contributed by atoms with Gasteiger partial charge < -0.3 is 0 Å². The van der Waals surface area contributed by atoms with E-state index < -0.39 is 15.8 Å². The van der Waals surface area contributed by atoms with Crippen molar-refractivity contribution in [1.29, 1.82) is 0 Å². The number of hydrogen-bond acceptors (Lipinski definition) is 0. The molecule has 0 radical (unpaired) electrons. The maximum absolute atomic E-state index is 2.47. The van der Waals surface area contributed by atoms with Crippen molar-refractivity contribution in [2.24, 2.45) is 0 Å². The van der Waals surface area contributed by atoms with E-state index in [0.717, 1.165) is 6.42 Å². The molecule has 0 bridgehead atoms. The van der Waals surface area contributed by atoms with E-state index in [2.05, 4.69) is 138 Å². The normalized spacial score (nSPS) is 12.6. The van der Waals surface area contributed by atoms with Crippen molar-refractivity contribution in [3.05, 3.63) is 78.2 Å². The molecule has 196 valence electrons. The van der Waals surface area contributed by atoms with Gasteiger partial charge in [0, 0.05) is 32.3 Å². The molecule has 0 fully saturated rings. The van der Waals surface area contributed by atoms with Gasteiger partial charge in [-0.1, -0.05) is 48.4 Å². The van der Waals surface area contributed by atoms with Crippen molar-refractivity contribution in [2.45, 2.75) is 110 Å². The van der Waals surface area contributed by atoms with Crippen LogP contribution in [0.15, 0.2) is 60.7 Å². The van der Waals surface area contributed by atoms with Gasteiger partial charge in [-0.2, -0.15) is 24.1 Å². The van der Waals surface area contributed by atoms with Crippen LogP contribution in [0.1, 0.15) is 94.2 Å². The summed E-state index contributed by atoms with van der Waals surface area (Å²) >= 11 is 0. The molecule has 0 aliphatic rings. The Morgan fingerprint density at radius 1 is 0.529 bits per heavy atom. The zero-order valence-electron chi connectivity index (χ0n) is 24.1. The van der Waals surface area contributed by atoms with Crippen molar-refractivity contribution in [3.63, 3.8) is 0 Å². The van der Waals surface area contributed by atoms with E-state index in [-0.39, 0.29) is 16.5 Å². The second-order valence-electron chi connectivity index (χ2n) is 13.4. The molecule has 0 aliphatic heterocycles. The molecule has 0 spiro atoms. The minimum Gasteiger partial charge on any atom is -0.192 e. The first-order chi connectivity index (χ1) is 14.9. The molecule has 0 aromatic heterocycles. The van der Waals surface area contributed by atoms with E-state index in [1.54, 1.807) is 0 Å². The quantitative estimate of drug-likeness (QED) is 0.199. The van der Waals surface area contributed by atoms with Crippen LogP contribution in [0.4, 0.5) is 0 Å². The largest absolute Gasteiger partial charge is 0.192 e. The molecule has 0 N–H and O–H groups in total. The molecular weight excluding hydrogens is 493 g/mol. The Kier molecular flexibility index (Phi) is 13.7. The summed E-state index contributed by atoms with van der Waals surface area (Å²) in [4.78, 5) is 0. The minimum atomic E-state index is -0.394. The van der Waals surface area contributed by atoms with Crippen molar-refractivity contribution < 1.29 is 16.5 Å². The Morgan fingerprint density at radius 2 is 0.853 bits per heavy atom. The molecule has 0 nitrogen and oxygen atoms in total. The summed E-state index contributed by atoms with van der Waals surface area (Å²) in [6.07, 6.45) is 3.25. The van der Waals surface area contributed by atoms with Gasteiger partial charge in [-0.05, 0) is 83.1 Å². The summed E-state index contributed by atoms with van der Waals surface area (Å²) in [6, 6.07) is 20.9.